The maximum atomic E-state index is 12.6. The molecule has 0 spiro atoms. The largest absolute Gasteiger partial charge is 0.268 e. The van der Waals surface area contributed by atoms with Crippen LogP contribution in [0.25, 0.3) is 0 Å². The molecule has 0 nitrogen and oxygen atoms in total. The highest BCUT2D eigenvalue weighted by atomic mass is 35.5. The first kappa shape index (κ1) is 16.7. The minimum Gasteiger partial charge on any atom is -0.174 e. The zero-order valence-corrected chi connectivity index (χ0v) is 13.7. The zero-order chi connectivity index (χ0) is 15.2. The topological polar surface area (TPSA) is 0 Å². The summed E-state index contributed by atoms with van der Waals surface area (Å²) in [4.78, 5) is 1.76. The molecule has 0 saturated heterocycles. The maximum absolute atomic E-state index is 12.6. The third kappa shape index (κ3) is 5.91. The van der Waals surface area contributed by atoms with Gasteiger partial charge in [0.05, 0.1) is 4.58 Å². The molecule has 0 radical (unpaired) electrons. The summed E-state index contributed by atoms with van der Waals surface area (Å²) in [7, 11) is 0. The summed E-state index contributed by atoms with van der Waals surface area (Å²) < 4.78 is 24.8. The molecule has 0 fully saturated rings. The van der Waals surface area contributed by atoms with Crippen LogP contribution in [0.15, 0.2) is 70.5 Å². The summed E-state index contributed by atoms with van der Waals surface area (Å²) in [6, 6.07) is 14.2. The van der Waals surface area contributed by atoms with E-state index in [2.05, 4.69) is 0 Å². The van der Waals surface area contributed by atoms with E-state index in [-0.39, 0.29) is 0 Å². The fraction of sp³-hybridized carbons (Fsp3) is 0.0667. The lowest BCUT2D eigenvalue weighted by Crippen LogP contribution is -1.92. The predicted molar refractivity (Wildman–Crippen MR) is 88.7 cm³/mol. The number of rotatable bonds is 5. The Kier molecular flexibility index (Phi) is 6.42. The van der Waals surface area contributed by atoms with Gasteiger partial charge in [-0.25, -0.2) is 0 Å². The minimum absolute atomic E-state index is 0.433. The van der Waals surface area contributed by atoms with Crippen molar-refractivity contribution in [3.8, 4) is 0 Å². The van der Waals surface area contributed by atoms with Crippen LogP contribution in [0, 0.1) is 0 Å². The van der Waals surface area contributed by atoms with Crippen molar-refractivity contribution in [3.05, 3.63) is 70.7 Å². The number of hydrogen-bond donors (Lipinski definition) is 0. The summed E-state index contributed by atoms with van der Waals surface area (Å²) >= 11 is 14.3. The van der Waals surface area contributed by atoms with Crippen LogP contribution in [0.1, 0.15) is 0 Å². The third-order valence-corrected chi connectivity index (χ3v) is 5.30. The van der Waals surface area contributed by atoms with E-state index < -0.39 is 10.7 Å². The fourth-order valence-corrected chi connectivity index (χ4v) is 4.07. The van der Waals surface area contributed by atoms with Crippen LogP contribution < -0.4 is 0 Å². The molecule has 0 aromatic heterocycles. The Balaban J connectivity index is 2.12. The van der Waals surface area contributed by atoms with Crippen LogP contribution in [-0.4, -0.2) is 4.58 Å². The van der Waals surface area contributed by atoms with Crippen molar-refractivity contribution < 1.29 is 8.78 Å². The van der Waals surface area contributed by atoms with Gasteiger partial charge >= 0.3 is 0 Å². The molecule has 6 heteroatoms. The van der Waals surface area contributed by atoms with Crippen molar-refractivity contribution in [2.75, 3.05) is 0 Å². The molecule has 0 saturated carbocycles. The Labute approximate surface area is 140 Å². The van der Waals surface area contributed by atoms with E-state index in [1.54, 1.807) is 24.3 Å². The fourth-order valence-electron chi connectivity index (χ4n) is 1.49. The van der Waals surface area contributed by atoms with Gasteiger partial charge < -0.3 is 0 Å². The van der Waals surface area contributed by atoms with Crippen molar-refractivity contribution in [1.29, 1.82) is 0 Å². The Hall–Kier alpha value is -0.680. The van der Waals surface area contributed by atoms with Crippen LogP contribution in [0.4, 0.5) is 8.78 Å². The summed E-state index contributed by atoms with van der Waals surface area (Å²) in [5.74, 6) is 0. The first-order valence-corrected chi connectivity index (χ1v) is 8.42. The van der Waals surface area contributed by atoms with Crippen LogP contribution in [0.2, 0.25) is 10.0 Å². The first-order chi connectivity index (χ1) is 10.0. The number of hydrogen-bond acceptors (Lipinski definition) is 2. The average molecular weight is 363 g/mol. The zero-order valence-electron chi connectivity index (χ0n) is 10.6. The second-order valence-corrected chi connectivity index (χ2v) is 7.57. The molecule has 2 rings (SSSR count). The van der Waals surface area contributed by atoms with Crippen molar-refractivity contribution in [2.24, 2.45) is 0 Å². The molecule has 0 aliphatic rings. The second-order valence-electron chi connectivity index (χ2n) is 3.97. The lowest BCUT2D eigenvalue weighted by atomic mass is 10.4. The van der Waals surface area contributed by atoms with Gasteiger partial charge in [0.15, 0.2) is 0 Å². The SMILES string of the molecule is FC(F)=CC(Sc1ccc(Cl)cc1)Sc1ccc(Cl)cc1. The molecule has 2 aromatic carbocycles. The molecule has 0 unspecified atom stereocenters. The quantitative estimate of drug-likeness (QED) is 0.415. The lowest BCUT2D eigenvalue weighted by Gasteiger charge is -2.12. The van der Waals surface area contributed by atoms with Crippen LogP contribution in [0.5, 0.6) is 0 Å². The summed E-state index contributed by atoms with van der Waals surface area (Å²) in [5.41, 5.74) is 0. The number of thioether (sulfide) groups is 2. The number of halogens is 4. The van der Waals surface area contributed by atoms with Crippen molar-refractivity contribution in [2.45, 2.75) is 14.4 Å². The van der Waals surface area contributed by atoms with E-state index in [1.807, 2.05) is 24.3 Å². The van der Waals surface area contributed by atoms with Gasteiger partial charge in [0.25, 0.3) is 6.08 Å². The Morgan fingerprint density at radius 2 is 1.19 bits per heavy atom. The van der Waals surface area contributed by atoms with Gasteiger partial charge in [-0.15, -0.1) is 23.5 Å². The lowest BCUT2D eigenvalue weighted by molar-refractivity contribution is 0.420. The van der Waals surface area contributed by atoms with E-state index in [4.69, 9.17) is 23.2 Å². The molecule has 0 heterocycles. The van der Waals surface area contributed by atoms with Gasteiger partial charge in [0, 0.05) is 25.9 Å². The summed E-state index contributed by atoms with van der Waals surface area (Å²) in [5, 5.41) is 1.24. The van der Waals surface area contributed by atoms with Gasteiger partial charge in [0.2, 0.25) is 0 Å². The second kappa shape index (κ2) is 8.08. The molecule has 21 heavy (non-hydrogen) atoms. The molecule has 0 atom stereocenters. The Bertz CT molecular complexity index is 561. The molecule has 110 valence electrons. The van der Waals surface area contributed by atoms with E-state index >= 15 is 0 Å². The van der Waals surface area contributed by atoms with Crippen LogP contribution >= 0.6 is 46.7 Å². The molecule has 0 aliphatic heterocycles. The standard InChI is InChI=1S/C15H10Cl2F2S2/c16-10-1-5-12(6-2-10)20-15(9-14(18)19)21-13-7-3-11(17)4-8-13/h1-9,15H. The van der Waals surface area contributed by atoms with Gasteiger partial charge in [-0.3, -0.25) is 0 Å². The van der Waals surface area contributed by atoms with Crippen molar-refractivity contribution >= 4 is 46.7 Å². The first-order valence-electron chi connectivity index (χ1n) is 5.90. The summed E-state index contributed by atoms with van der Waals surface area (Å²) in [6.07, 6.45) is -0.749. The molecule has 0 N–H and O–H groups in total. The smallest absolute Gasteiger partial charge is 0.174 e. The van der Waals surface area contributed by atoms with Crippen LogP contribution in [0.3, 0.4) is 0 Å². The highest BCUT2D eigenvalue weighted by Gasteiger charge is 2.12. The molecular weight excluding hydrogens is 353 g/mol. The van der Waals surface area contributed by atoms with Gasteiger partial charge in [-0.1, -0.05) is 23.2 Å². The van der Waals surface area contributed by atoms with Crippen molar-refractivity contribution in [1.82, 2.24) is 0 Å². The van der Waals surface area contributed by atoms with Gasteiger partial charge in [0.1, 0.15) is 0 Å². The predicted octanol–water partition coefficient (Wildman–Crippen LogP) is 6.98. The monoisotopic (exact) mass is 362 g/mol. The molecule has 0 aliphatic carbocycles. The Morgan fingerprint density at radius 1 is 0.810 bits per heavy atom. The Morgan fingerprint density at radius 3 is 1.52 bits per heavy atom. The van der Waals surface area contributed by atoms with E-state index in [0.29, 0.717) is 10.0 Å². The molecule has 0 bridgehead atoms. The summed E-state index contributed by atoms with van der Waals surface area (Å²) in [6.45, 7) is 0. The van der Waals surface area contributed by atoms with Gasteiger partial charge in [-0.05, 0) is 48.5 Å². The average Bonchev–Trinajstić information content (AvgIpc) is 2.43. The number of benzene rings is 2. The molecule has 2 aromatic rings. The maximum Gasteiger partial charge on any atom is 0.268 e. The van der Waals surface area contributed by atoms with Crippen LogP contribution in [-0.2, 0) is 0 Å². The van der Waals surface area contributed by atoms with Gasteiger partial charge in [-0.2, -0.15) is 8.78 Å². The van der Waals surface area contributed by atoms with E-state index in [1.165, 1.54) is 23.5 Å². The van der Waals surface area contributed by atoms with E-state index in [0.717, 1.165) is 15.9 Å². The molecular formula is C15H10Cl2F2S2. The highest BCUT2D eigenvalue weighted by Crippen LogP contribution is 2.37. The van der Waals surface area contributed by atoms with Crippen molar-refractivity contribution in [3.63, 3.8) is 0 Å². The highest BCUT2D eigenvalue weighted by molar-refractivity contribution is 8.17. The van der Waals surface area contributed by atoms with E-state index in [9.17, 15) is 8.78 Å². The molecule has 0 amide bonds. The third-order valence-electron chi connectivity index (χ3n) is 2.39. The normalized spacial score (nSPS) is 10.7. The minimum atomic E-state index is -1.69.